The number of anilines is 2. The molecule has 2 amide bonds. The molecule has 0 unspecified atom stereocenters. The van der Waals surface area contributed by atoms with Crippen LogP contribution in [0, 0.1) is 6.92 Å². The van der Waals surface area contributed by atoms with Crippen LogP contribution in [0.1, 0.15) is 42.8 Å². The topological polar surface area (TPSA) is 140 Å². The van der Waals surface area contributed by atoms with Crippen molar-refractivity contribution in [2.75, 3.05) is 17.7 Å². The molecule has 0 spiro atoms. The molecular formula is C27H27ClN8O2. The van der Waals surface area contributed by atoms with E-state index in [4.69, 9.17) is 17.3 Å². The number of rotatable bonds is 6. The number of carbonyl (C=O) groups excluding carboxylic acids is 2. The van der Waals surface area contributed by atoms with E-state index in [1.807, 2.05) is 43.3 Å². The maximum atomic E-state index is 13.4. The van der Waals surface area contributed by atoms with Gasteiger partial charge < -0.3 is 16.0 Å². The normalized spacial score (nSPS) is 11.2. The molecule has 0 atom stereocenters. The van der Waals surface area contributed by atoms with Gasteiger partial charge in [-0.2, -0.15) is 0 Å². The lowest BCUT2D eigenvalue weighted by Crippen LogP contribution is -2.43. The summed E-state index contributed by atoms with van der Waals surface area (Å²) in [5.41, 5.74) is 8.82. The van der Waals surface area contributed by atoms with E-state index in [0.717, 1.165) is 5.56 Å². The SMILES string of the molecule is CC(=O)N(C)c1cnc(C(C)(C)NC(=O)c2nc(-c3cc(C)nc(Cl)c3)c(-c3ccccc3)nc2N)nc1. The number of amides is 2. The molecule has 0 bridgehead atoms. The van der Waals surface area contributed by atoms with Crippen molar-refractivity contribution in [1.29, 1.82) is 0 Å². The Morgan fingerprint density at radius 3 is 2.21 bits per heavy atom. The molecule has 4 aromatic rings. The van der Waals surface area contributed by atoms with Crippen LogP contribution in [0.4, 0.5) is 11.5 Å². The number of hydrogen-bond acceptors (Lipinski definition) is 8. The third kappa shape index (κ3) is 5.60. The summed E-state index contributed by atoms with van der Waals surface area (Å²) in [6, 6.07) is 12.9. The molecule has 0 aliphatic carbocycles. The molecule has 0 fully saturated rings. The molecule has 4 rings (SSSR count). The average molecular weight is 531 g/mol. The number of nitrogens with one attached hydrogen (secondary N) is 1. The number of nitrogens with zero attached hydrogens (tertiary/aromatic N) is 6. The minimum absolute atomic E-state index is 0.0304. The monoisotopic (exact) mass is 530 g/mol. The molecule has 1 aromatic carbocycles. The van der Waals surface area contributed by atoms with Crippen molar-refractivity contribution in [2.24, 2.45) is 0 Å². The highest BCUT2D eigenvalue weighted by molar-refractivity contribution is 6.29. The van der Waals surface area contributed by atoms with Crippen molar-refractivity contribution in [2.45, 2.75) is 33.2 Å². The first-order valence-corrected chi connectivity index (χ1v) is 12.1. The Hall–Kier alpha value is -4.44. The zero-order valence-electron chi connectivity index (χ0n) is 21.7. The highest BCUT2D eigenvalue weighted by Gasteiger charge is 2.29. The number of aromatic nitrogens is 5. The first kappa shape index (κ1) is 26.6. The first-order valence-electron chi connectivity index (χ1n) is 11.7. The summed E-state index contributed by atoms with van der Waals surface area (Å²) in [5.74, 6) is -0.387. The summed E-state index contributed by atoms with van der Waals surface area (Å²) in [6.07, 6.45) is 3.04. The maximum Gasteiger partial charge on any atom is 0.274 e. The second kappa shape index (κ2) is 10.5. The summed E-state index contributed by atoms with van der Waals surface area (Å²) in [4.78, 5) is 48.7. The van der Waals surface area contributed by atoms with Crippen LogP contribution in [0.15, 0.2) is 54.9 Å². The highest BCUT2D eigenvalue weighted by atomic mass is 35.5. The molecular weight excluding hydrogens is 504 g/mol. The molecule has 38 heavy (non-hydrogen) atoms. The molecule has 0 saturated carbocycles. The van der Waals surface area contributed by atoms with Gasteiger partial charge in [-0.05, 0) is 32.9 Å². The quantitative estimate of drug-likeness (QED) is 0.354. The molecule has 0 saturated heterocycles. The van der Waals surface area contributed by atoms with Crippen LogP contribution in [0.2, 0.25) is 5.15 Å². The predicted molar refractivity (Wildman–Crippen MR) is 146 cm³/mol. The van der Waals surface area contributed by atoms with E-state index < -0.39 is 11.4 Å². The number of carbonyl (C=O) groups is 2. The zero-order valence-corrected chi connectivity index (χ0v) is 22.4. The van der Waals surface area contributed by atoms with Crippen molar-refractivity contribution >= 4 is 34.9 Å². The van der Waals surface area contributed by atoms with Crippen LogP contribution in [-0.4, -0.2) is 43.8 Å². The van der Waals surface area contributed by atoms with E-state index in [2.05, 4.69) is 30.2 Å². The summed E-state index contributed by atoms with van der Waals surface area (Å²) >= 11 is 6.24. The van der Waals surface area contributed by atoms with Crippen LogP contribution in [0.3, 0.4) is 0 Å². The van der Waals surface area contributed by atoms with Gasteiger partial charge in [-0.1, -0.05) is 41.9 Å². The first-order chi connectivity index (χ1) is 18.0. The van der Waals surface area contributed by atoms with Gasteiger partial charge in [0.1, 0.15) is 5.15 Å². The predicted octanol–water partition coefficient (Wildman–Crippen LogP) is 4.19. The fourth-order valence-electron chi connectivity index (χ4n) is 3.78. The summed E-state index contributed by atoms with van der Waals surface area (Å²) in [5, 5.41) is 3.19. The van der Waals surface area contributed by atoms with Gasteiger partial charge >= 0.3 is 0 Å². The molecule has 0 radical (unpaired) electrons. The number of aryl methyl sites for hydroxylation is 1. The van der Waals surface area contributed by atoms with Gasteiger partial charge in [0.05, 0.1) is 35.0 Å². The van der Waals surface area contributed by atoms with Gasteiger partial charge in [-0.15, -0.1) is 0 Å². The van der Waals surface area contributed by atoms with Crippen molar-refractivity contribution in [3.05, 3.63) is 77.2 Å². The van der Waals surface area contributed by atoms with E-state index in [9.17, 15) is 9.59 Å². The highest BCUT2D eigenvalue weighted by Crippen LogP contribution is 2.32. The Balaban J connectivity index is 1.73. The van der Waals surface area contributed by atoms with Gasteiger partial charge in [0.15, 0.2) is 17.3 Å². The smallest absolute Gasteiger partial charge is 0.274 e. The molecule has 3 N–H and O–H groups in total. The van der Waals surface area contributed by atoms with E-state index in [1.165, 1.54) is 24.2 Å². The van der Waals surface area contributed by atoms with Crippen LogP contribution >= 0.6 is 11.6 Å². The van der Waals surface area contributed by atoms with Crippen LogP contribution in [-0.2, 0) is 10.3 Å². The minimum atomic E-state index is -0.993. The van der Waals surface area contributed by atoms with E-state index >= 15 is 0 Å². The lowest BCUT2D eigenvalue weighted by Gasteiger charge is -2.25. The lowest BCUT2D eigenvalue weighted by atomic mass is 10.0. The number of halogens is 1. The number of hydrogen-bond donors (Lipinski definition) is 2. The molecule has 0 aliphatic rings. The Labute approximate surface area is 225 Å². The average Bonchev–Trinajstić information content (AvgIpc) is 2.87. The van der Waals surface area contributed by atoms with E-state index in [-0.39, 0.29) is 17.4 Å². The Bertz CT molecular complexity index is 1490. The summed E-state index contributed by atoms with van der Waals surface area (Å²) in [6.45, 7) is 6.77. The second-order valence-corrected chi connectivity index (χ2v) is 9.65. The Morgan fingerprint density at radius 2 is 1.61 bits per heavy atom. The Kier molecular flexibility index (Phi) is 7.36. The van der Waals surface area contributed by atoms with Crippen LogP contribution in [0.25, 0.3) is 22.5 Å². The third-order valence-corrected chi connectivity index (χ3v) is 6.06. The third-order valence-electron chi connectivity index (χ3n) is 5.86. The van der Waals surface area contributed by atoms with Crippen molar-refractivity contribution in [1.82, 2.24) is 30.2 Å². The standard InChI is InChI=1S/C27H27ClN8O2/c1-15-11-18(12-20(28)32-15)22-21(17-9-7-6-8-10-17)34-24(29)23(33-22)25(38)35-27(3,4)26-30-13-19(14-31-26)36(5)16(2)37/h6-14H,1-5H3,(H2,29,34)(H,35,38). The minimum Gasteiger partial charge on any atom is -0.382 e. The molecule has 3 aromatic heterocycles. The number of pyridine rings is 1. The fraction of sp³-hybridized carbons (Fsp3) is 0.222. The van der Waals surface area contributed by atoms with Gasteiger partial charge in [0, 0.05) is 30.8 Å². The van der Waals surface area contributed by atoms with Gasteiger partial charge in [-0.25, -0.2) is 24.9 Å². The van der Waals surface area contributed by atoms with Crippen LogP contribution < -0.4 is 16.0 Å². The van der Waals surface area contributed by atoms with Gasteiger partial charge in [0.25, 0.3) is 5.91 Å². The van der Waals surface area contributed by atoms with Gasteiger partial charge in [-0.3, -0.25) is 9.59 Å². The molecule has 10 nitrogen and oxygen atoms in total. The zero-order chi connectivity index (χ0) is 27.6. The van der Waals surface area contributed by atoms with Crippen LogP contribution in [0.5, 0.6) is 0 Å². The van der Waals surface area contributed by atoms with E-state index in [0.29, 0.717) is 39.3 Å². The van der Waals surface area contributed by atoms with Crippen molar-refractivity contribution in [3.8, 4) is 22.5 Å². The molecule has 0 aliphatic heterocycles. The number of nitrogen functional groups attached to an aromatic ring is 1. The van der Waals surface area contributed by atoms with Gasteiger partial charge in [0.2, 0.25) is 5.91 Å². The second-order valence-electron chi connectivity index (χ2n) is 9.26. The fourth-order valence-corrected chi connectivity index (χ4v) is 4.03. The molecule has 11 heteroatoms. The van der Waals surface area contributed by atoms with Crippen molar-refractivity contribution < 1.29 is 9.59 Å². The number of benzene rings is 1. The molecule has 3 heterocycles. The summed E-state index contributed by atoms with van der Waals surface area (Å²) in [7, 11) is 1.63. The largest absolute Gasteiger partial charge is 0.382 e. The lowest BCUT2D eigenvalue weighted by molar-refractivity contribution is -0.116. The Morgan fingerprint density at radius 1 is 0.974 bits per heavy atom. The van der Waals surface area contributed by atoms with E-state index in [1.54, 1.807) is 27.0 Å². The summed E-state index contributed by atoms with van der Waals surface area (Å²) < 4.78 is 0. The van der Waals surface area contributed by atoms with Crippen molar-refractivity contribution in [3.63, 3.8) is 0 Å². The maximum absolute atomic E-state index is 13.4. The number of nitrogens with two attached hydrogens (primary N) is 1. The molecule has 194 valence electrons.